The highest BCUT2D eigenvalue weighted by atomic mass is 16.5. The van der Waals surface area contributed by atoms with E-state index in [-0.39, 0.29) is 5.91 Å². The highest BCUT2D eigenvalue weighted by Gasteiger charge is 2.53. The molecule has 2 aliphatic rings. The first-order valence-corrected chi connectivity index (χ1v) is 7.04. The first-order valence-electron chi connectivity index (χ1n) is 7.04. The van der Waals surface area contributed by atoms with Gasteiger partial charge in [0.2, 0.25) is 0 Å². The van der Waals surface area contributed by atoms with Crippen LogP contribution in [0.3, 0.4) is 0 Å². The molecule has 1 saturated carbocycles. The average molecular weight is 260 g/mol. The Hall–Kier alpha value is -1.55. The Morgan fingerprint density at radius 2 is 2.21 bits per heavy atom. The minimum atomic E-state index is 0.0151. The zero-order valence-corrected chi connectivity index (χ0v) is 11.2. The molecular formula is C15H20N2O2. The summed E-state index contributed by atoms with van der Waals surface area (Å²) in [6.07, 6.45) is 0.967. The maximum absolute atomic E-state index is 12.2. The number of benzene rings is 1. The van der Waals surface area contributed by atoms with Crippen molar-refractivity contribution in [1.29, 1.82) is 0 Å². The fraction of sp³-hybridized carbons (Fsp3) is 0.533. The van der Waals surface area contributed by atoms with Gasteiger partial charge in [0.15, 0.2) is 0 Å². The van der Waals surface area contributed by atoms with E-state index in [9.17, 15) is 4.79 Å². The summed E-state index contributed by atoms with van der Waals surface area (Å²) in [5, 5.41) is 6.45. The molecule has 1 aliphatic carbocycles. The van der Waals surface area contributed by atoms with Crippen LogP contribution >= 0.6 is 0 Å². The fourth-order valence-electron chi connectivity index (χ4n) is 2.81. The van der Waals surface area contributed by atoms with Crippen molar-refractivity contribution in [3.63, 3.8) is 0 Å². The quantitative estimate of drug-likeness (QED) is 0.842. The normalized spacial score (nSPS) is 27.7. The minimum Gasteiger partial charge on any atom is -0.494 e. The van der Waals surface area contributed by atoms with Crippen molar-refractivity contribution in [2.75, 3.05) is 19.7 Å². The van der Waals surface area contributed by atoms with Gasteiger partial charge < -0.3 is 15.4 Å². The summed E-state index contributed by atoms with van der Waals surface area (Å²) in [4.78, 5) is 12.2. The Kier molecular flexibility index (Phi) is 3.42. The molecule has 1 amide bonds. The van der Waals surface area contributed by atoms with Crippen LogP contribution in [0.25, 0.3) is 0 Å². The van der Waals surface area contributed by atoms with Gasteiger partial charge in [-0.1, -0.05) is 13.0 Å². The van der Waals surface area contributed by atoms with Crippen LogP contribution in [0.4, 0.5) is 0 Å². The van der Waals surface area contributed by atoms with Crippen molar-refractivity contribution in [3.05, 3.63) is 29.8 Å². The maximum Gasteiger partial charge on any atom is 0.251 e. The van der Waals surface area contributed by atoms with Crippen molar-refractivity contribution in [3.8, 4) is 5.75 Å². The van der Waals surface area contributed by atoms with Gasteiger partial charge in [0.1, 0.15) is 5.75 Å². The van der Waals surface area contributed by atoms with E-state index in [0.717, 1.165) is 25.3 Å². The summed E-state index contributed by atoms with van der Waals surface area (Å²) in [6.45, 7) is 4.82. The molecule has 102 valence electrons. The van der Waals surface area contributed by atoms with E-state index in [0.29, 0.717) is 30.0 Å². The average Bonchev–Trinajstić information content (AvgIpc) is 2.88. The van der Waals surface area contributed by atoms with Gasteiger partial charge in [0, 0.05) is 24.7 Å². The van der Waals surface area contributed by atoms with Crippen LogP contribution < -0.4 is 15.4 Å². The largest absolute Gasteiger partial charge is 0.494 e. The second kappa shape index (κ2) is 5.21. The van der Waals surface area contributed by atoms with Crippen molar-refractivity contribution < 1.29 is 9.53 Å². The number of fused-ring (bicyclic) bond motifs is 1. The van der Waals surface area contributed by atoms with E-state index in [2.05, 4.69) is 17.6 Å². The Balaban J connectivity index is 1.60. The van der Waals surface area contributed by atoms with Gasteiger partial charge in [0.25, 0.3) is 5.91 Å². The van der Waals surface area contributed by atoms with Crippen molar-refractivity contribution in [2.24, 2.45) is 11.8 Å². The van der Waals surface area contributed by atoms with E-state index < -0.39 is 0 Å². The molecular weight excluding hydrogens is 240 g/mol. The highest BCUT2D eigenvalue weighted by Crippen LogP contribution is 2.41. The fourth-order valence-corrected chi connectivity index (χ4v) is 2.81. The summed E-state index contributed by atoms with van der Waals surface area (Å²) < 4.78 is 5.55. The molecule has 1 aliphatic heterocycles. The Morgan fingerprint density at radius 1 is 1.42 bits per heavy atom. The predicted octanol–water partition coefficient (Wildman–Crippen LogP) is 1.42. The summed E-state index contributed by atoms with van der Waals surface area (Å²) in [5.41, 5.74) is 0.687. The van der Waals surface area contributed by atoms with Gasteiger partial charge in [-0.3, -0.25) is 4.79 Å². The second-order valence-electron chi connectivity index (χ2n) is 5.36. The minimum absolute atomic E-state index is 0.0151. The number of carbonyl (C=O) groups excluding carboxylic acids is 1. The molecule has 1 aromatic rings. The van der Waals surface area contributed by atoms with Gasteiger partial charge in [-0.25, -0.2) is 0 Å². The van der Waals surface area contributed by atoms with Crippen molar-refractivity contribution in [1.82, 2.24) is 10.6 Å². The summed E-state index contributed by atoms with van der Waals surface area (Å²) >= 11 is 0. The van der Waals surface area contributed by atoms with Gasteiger partial charge >= 0.3 is 0 Å². The molecule has 2 unspecified atom stereocenters. The lowest BCUT2D eigenvalue weighted by Crippen LogP contribution is -2.32. The number of hydrogen-bond donors (Lipinski definition) is 2. The lowest BCUT2D eigenvalue weighted by atomic mass is 10.2. The number of hydrogen-bond acceptors (Lipinski definition) is 3. The van der Waals surface area contributed by atoms with E-state index in [1.807, 2.05) is 24.3 Å². The number of piperidine rings is 1. The lowest BCUT2D eigenvalue weighted by Gasteiger charge is -2.09. The molecule has 0 aromatic heterocycles. The van der Waals surface area contributed by atoms with Gasteiger partial charge in [-0.05, 0) is 36.5 Å². The molecule has 2 N–H and O–H groups in total. The predicted molar refractivity (Wildman–Crippen MR) is 73.3 cm³/mol. The maximum atomic E-state index is 12.2. The first kappa shape index (κ1) is 12.5. The molecule has 4 nitrogen and oxygen atoms in total. The number of carbonyl (C=O) groups is 1. The Morgan fingerprint density at radius 3 is 2.95 bits per heavy atom. The number of ether oxygens (including phenoxy) is 1. The monoisotopic (exact) mass is 260 g/mol. The molecule has 4 heteroatoms. The molecule has 1 heterocycles. The lowest BCUT2D eigenvalue weighted by molar-refractivity contribution is 0.0946. The third-order valence-electron chi connectivity index (χ3n) is 3.96. The van der Waals surface area contributed by atoms with Gasteiger partial charge in [-0.2, -0.15) is 0 Å². The van der Waals surface area contributed by atoms with E-state index in [1.165, 1.54) is 0 Å². The van der Waals surface area contributed by atoms with Crippen LogP contribution in [-0.4, -0.2) is 31.6 Å². The summed E-state index contributed by atoms with van der Waals surface area (Å²) in [6, 6.07) is 7.79. The molecule has 2 atom stereocenters. The van der Waals surface area contributed by atoms with E-state index >= 15 is 0 Å². The van der Waals surface area contributed by atoms with Crippen LogP contribution in [0.2, 0.25) is 0 Å². The first-order chi connectivity index (χ1) is 9.29. The number of rotatable bonds is 5. The molecule has 0 radical (unpaired) electrons. The zero-order chi connectivity index (χ0) is 13.2. The number of nitrogens with one attached hydrogen (secondary N) is 2. The third kappa shape index (κ3) is 2.59. The number of amides is 1. The molecule has 2 fully saturated rings. The molecule has 0 bridgehead atoms. The topological polar surface area (TPSA) is 50.4 Å². The second-order valence-corrected chi connectivity index (χ2v) is 5.36. The van der Waals surface area contributed by atoms with Crippen LogP contribution in [-0.2, 0) is 0 Å². The van der Waals surface area contributed by atoms with E-state index in [4.69, 9.17) is 4.74 Å². The van der Waals surface area contributed by atoms with Crippen molar-refractivity contribution in [2.45, 2.75) is 19.4 Å². The van der Waals surface area contributed by atoms with Crippen LogP contribution in [0.5, 0.6) is 5.75 Å². The highest BCUT2D eigenvalue weighted by molar-refractivity contribution is 5.95. The standard InChI is InChI=1S/C15H20N2O2/c1-2-6-19-11-5-3-4-10(7-11)15(18)17-14-12-8-16-9-13(12)14/h3-5,7,12-14,16H,2,6,8-9H2,1H3,(H,17,18). The van der Waals surface area contributed by atoms with Crippen molar-refractivity contribution >= 4 is 5.91 Å². The van der Waals surface area contributed by atoms with Crippen LogP contribution in [0.1, 0.15) is 23.7 Å². The molecule has 1 saturated heterocycles. The molecule has 19 heavy (non-hydrogen) atoms. The van der Waals surface area contributed by atoms with Gasteiger partial charge in [-0.15, -0.1) is 0 Å². The Bertz CT molecular complexity index is 465. The summed E-state index contributed by atoms with van der Waals surface area (Å²) in [7, 11) is 0. The van der Waals surface area contributed by atoms with Gasteiger partial charge in [0.05, 0.1) is 6.61 Å². The SMILES string of the molecule is CCCOc1cccc(C(=O)NC2C3CNCC32)c1. The Labute approximate surface area is 113 Å². The summed E-state index contributed by atoms with van der Waals surface area (Å²) in [5.74, 6) is 2.07. The van der Waals surface area contributed by atoms with Crippen LogP contribution in [0.15, 0.2) is 24.3 Å². The third-order valence-corrected chi connectivity index (χ3v) is 3.96. The molecule has 0 spiro atoms. The molecule has 1 aromatic carbocycles. The molecule has 3 rings (SSSR count). The van der Waals surface area contributed by atoms with Crippen LogP contribution in [0, 0.1) is 11.8 Å². The zero-order valence-electron chi connectivity index (χ0n) is 11.2. The van der Waals surface area contributed by atoms with E-state index in [1.54, 1.807) is 0 Å². The smallest absolute Gasteiger partial charge is 0.251 e.